The summed E-state index contributed by atoms with van der Waals surface area (Å²) in [5.74, 6) is 0.583. The molecule has 0 unspecified atom stereocenters. The van der Waals surface area contributed by atoms with E-state index in [0.29, 0.717) is 5.92 Å². The van der Waals surface area contributed by atoms with Crippen LogP contribution >= 0.6 is 0 Å². The second-order valence-corrected chi connectivity index (χ2v) is 5.21. The first-order valence-corrected chi connectivity index (χ1v) is 7.03. The van der Waals surface area contributed by atoms with Crippen molar-refractivity contribution in [2.45, 2.75) is 46.2 Å². The lowest BCUT2D eigenvalue weighted by Gasteiger charge is -2.10. The maximum atomic E-state index is 4.21. The van der Waals surface area contributed by atoms with Gasteiger partial charge < -0.3 is 9.88 Å². The molecule has 0 amide bonds. The minimum atomic E-state index is 0.583. The van der Waals surface area contributed by atoms with E-state index >= 15 is 0 Å². The zero-order valence-electron chi connectivity index (χ0n) is 12.1. The van der Waals surface area contributed by atoms with E-state index in [1.807, 2.05) is 12.5 Å². The van der Waals surface area contributed by atoms with Crippen molar-refractivity contribution >= 4 is 5.69 Å². The van der Waals surface area contributed by atoms with Gasteiger partial charge in [0.15, 0.2) is 0 Å². The molecule has 19 heavy (non-hydrogen) atoms. The van der Waals surface area contributed by atoms with Crippen molar-refractivity contribution in [1.82, 2.24) is 9.55 Å². The molecular formula is C16H23N3. The van der Waals surface area contributed by atoms with Crippen LogP contribution in [-0.2, 0) is 13.1 Å². The summed E-state index contributed by atoms with van der Waals surface area (Å²) in [6.45, 7) is 8.46. The number of imidazole rings is 1. The third-order valence-corrected chi connectivity index (χ3v) is 3.31. The van der Waals surface area contributed by atoms with Crippen molar-refractivity contribution in [3.8, 4) is 0 Å². The van der Waals surface area contributed by atoms with Crippen LogP contribution in [0.3, 0.4) is 0 Å². The van der Waals surface area contributed by atoms with Gasteiger partial charge in [-0.2, -0.15) is 0 Å². The monoisotopic (exact) mass is 257 g/mol. The number of nitrogens with one attached hydrogen (secondary N) is 1. The Labute approximate surface area is 115 Å². The van der Waals surface area contributed by atoms with Gasteiger partial charge >= 0.3 is 0 Å². The Bertz CT molecular complexity index is 497. The molecular weight excluding hydrogens is 234 g/mol. The van der Waals surface area contributed by atoms with E-state index < -0.39 is 0 Å². The molecule has 0 aliphatic heterocycles. The van der Waals surface area contributed by atoms with E-state index in [1.54, 1.807) is 0 Å². The number of benzene rings is 1. The highest BCUT2D eigenvalue weighted by Gasteiger charge is 2.02. The smallest absolute Gasteiger partial charge is 0.0948 e. The summed E-state index contributed by atoms with van der Waals surface area (Å²) in [6, 6.07) is 8.68. The van der Waals surface area contributed by atoms with E-state index in [4.69, 9.17) is 0 Å². The lowest BCUT2D eigenvalue weighted by Crippen LogP contribution is -2.06. The van der Waals surface area contributed by atoms with Crippen LogP contribution in [0.5, 0.6) is 0 Å². The molecule has 0 radical (unpaired) electrons. The van der Waals surface area contributed by atoms with Crippen molar-refractivity contribution in [2.24, 2.45) is 0 Å². The molecule has 102 valence electrons. The number of rotatable bonds is 6. The molecule has 0 aliphatic carbocycles. The molecule has 0 atom stereocenters. The van der Waals surface area contributed by atoms with E-state index in [2.05, 4.69) is 59.9 Å². The van der Waals surface area contributed by atoms with Crippen LogP contribution < -0.4 is 5.32 Å². The number of aryl methyl sites for hydroxylation is 1. The molecule has 3 nitrogen and oxygen atoms in total. The first-order valence-electron chi connectivity index (χ1n) is 7.03. The van der Waals surface area contributed by atoms with Gasteiger partial charge in [0, 0.05) is 18.4 Å². The molecule has 2 rings (SSSR count). The number of hydrogen-bond acceptors (Lipinski definition) is 2. The van der Waals surface area contributed by atoms with Crippen LogP contribution in [0.4, 0.5) is 5.69 Å². The molecule has 1 heterocycles. The van der Waals surface area contributed by atoms with Crippen molar-refractivity contribution in [2.75, 3.05) is 5.32 Å². The van der Waals surface area contributed by atoms with E-state index in [0.717, 1.165) is 25.2 Å². The Hall–Kier alpha value is -1.77. The fourth-order valence-corrected chi connectivity index (χ4v) is 2.12. The second kappa shape index (κ2) is 6.41. The minimum absolute atomic E-state index is 0.583. The second-order valence-electron chi connectivity index (χ2n) is 5.21. The predicted octanol–water partition coefficient (Wildman–Crippen LogP) is 4.03. The fourth-order valence-electron chi connectivity index (χ4n) is 2.12. The highest BCUT2D eigenvalue weighted by Crippen LogP contribution is 2.17. The Morgan fingerprint density at radius 3 is 2.58 bits per heavy atom. The summed E-state index contributed by atoms with van der Waals surface area (Å²) in [5.41, 5.74) is 3.77. The van der Waals surface area contributed by atoms with Gasteiger partial charge in [0.05, 0.1) is 18.6 Å². The van der Waals surface area contributed by atoms with Gasteiger partial charge in [-0.1, -0.05) is 32.9 Å². The van der Waals surface area contributed by atoms with Crippen LogP contribution in [0.2, 0.25) is 0 Å². The van der Waals surface area contributed by atoms with Gasteiger partial charge in [0.25, 0.3) is 0 Å². The molecule has 3 heteroatoms. The average molecular weight is 257 g/mol. The van der Waals surface area contributed by atoms with Gasteiger partial charge in [-0.15, -0.1) is 0 Å². The van der Waals surface area contributed by atoms with Gasteiger partial charge in [0.1, 0.15) is 0 Å². The molecule has 0 aliphatic rings. The van der Waals surface area contributed by atoms with Crippen molar-refractivity contribution in [3.05, 3.63) is 48.0 Å². The van der Waals surface area contributed by atoms with Crippen molar-refractivity contribution in [3.63, 3.8) is 0 Å². The summed E-state index contributed by atoms with van der Waals surface area (Å²) >= 11 is 0. The van der Waals surface area contributed by atoms with Crippen LogP contribution in [-0.4, -0.2) is 9.55 Å². The first kappa shape index (κ1) is 13.7. The molecule has 0 bridgehead atoms. The Balaban J connectivity index is 1.96. The van der Waals surface area contributed by atoms with E-state index in [9.17, 15) is 0 Å². The number of hydrogen-bond donors (Lipinski definition) is 1. The number of aromatic nitrogens is 2. The van der Waals surface area contributed by atoms with Crippen LogP contribution in [0.25, 0.3) is 0 Å². The maximum absolute atomic E-state index is 4.21. The van der Waals surface area contributed by atoms with Crippen LogP contribution in [0.15, 0.2) is 36.8 Å². The Morgan fingerprint density at radius 1 is 1.21 bits per heavy atom. The molecule has 0 saturated heterocycles. The summed E-state index contributed by atoms with van der Waals surface area (Å²) in [5, 5.41) is 3.45. The highest BCUT2D eigenvalue weighted by molar-refractivity contribution is 5.45. The minimum Gasteiger partial charge on any atom is -0.379 e. The molecule has 2 aromatic rings. The molecule has 0 spiro atoms. The van der Waals surface area contributed by atoms with Crippen molar-refractivity contribution < 1.29 is 0 Å². The predicted molar refractivity (Wildman–Crippen MR) is 80.4 cm³/mol. The van der Waals surface area contributed by atoms with Crippen LogP contribution in [0, 0.1) is 0 Å². The van der Waals surface area contributed by atoms with E-state index in [-0.39, 0.29) is 0 Å². The molecule has 0 saturated carbocycles. The van der Waals surface area contributed by atoms with E-state index in [1.165, 1.54) is 11.3 Å². The SMILES string of the molecule is CCCn1cncc1CNc1ccc(C(C)C)cc1. The first-order chi connectivity index (χ1) is 9.20. The third-order valence-electron chi connectivity index (χ3n) is 3.31. The lowest BCUT2D eigenvalue weighted by molar-refractivity contribution is 0.651. The zero-order chi connectivity index (χ0) is 13.7. The van der Waals surface area contributed by atoms with Crippen LogP contribution in [0.1, 0.15) is 44.4 Å². The molecule has 1 N–H and O–H groups in total. The van der Waals surface area contributed by atoms with Crippen molar-refractivity contribution in [1.29, 1.82) is 0 Å². The summed E-state index contributed by atoms with van der Waals surface area (Å²) in [6.07, 6.45) is 4.97. The zero-order valence-corrected chi connectivity index (χ0v) is 12.1. The molecule has 0 fully saturated rings. The van der Waals surface area contributed by atoms with Gasteiger partial charge in [-0.3, -0.25) is 0 Å². The third kappa shape index (κ3) is 3.60. The topological polar surface area (TPSA) is 29.9 Å². The summed E-state index contributed by atoms with van der Waals surface area (Å²) in [4.78, 5) is 4.21. The van der Waals surface area contributed by atoms with Gasteiger partial charge in [-0.25, -0.2) is 4.98 Å². The quantitative estimate of drug-likeness (QED) is 0.846. The Kier molecular flexibility index (Phi) is 4.61. The Morgan fingerprint density at radius 2 is 1.95 bits per heavy atom. The largest absolute Gasteiger partial charge is 0.379 e. The van der Waals surface area contributed by atoms with Gasteiger partial charge in [0.2, 0.25) is 0 Å². The molecule has 1 aromatic heterocycles. The molecule has 1 aromatic carbocycles. The fraction of sp³-hybridized carbons (Fsp3) is 0.438. The normalized spacial score (nSPS) is 10.9. The average Bonchev–Trinajstić information content (AvgIpc) is 2.85. The number of nitrogens with zero attached hydrogens (tertiary/aromatic N) is 2. The number of anilines is 1. The lowest BCUT2D eigenvalue weighted by atomic mass is 10.0. The maximum Gasteiger partial charge on any atom is 0.0948 e. The summed E-state index contributed by atoms with van der Waals surface area (Å²) < 4.78 is 2.20. The summed E-state index contributed by atoms with van der Waals surface area (Å²) in [7, 11) is 0. The van der Waals surface area contributed by atoms with Gasteiger partial charge in [-0.05, 0) is 30.0 Å². The highest BCUT2D eigenvalue weighted by atomic mass is 15.1. The standard InChI is InChI=1S/C16H23N3/c1-4-9-19-12-17-10-16(19)11-18-15-7-5-14(6-8-15)13(2)3/h5-8,10,12-13,18H,4,9,11H2,1-3H3.